The second-order valence-corrected chi connectivity index (χ2v) is 5.64. The van der Waals surface area contributed by atoms with E-state index in [4.69, 9.17) is 9.15 Å². The molecule has 0 saturated carbocycles. The topological polar surface area (TPSA) is 51.1 Å². The monoisotopic (exact) mass is 316 g/mol. The smallest absolute Gasteiger partial charge is 0.133 e. The second-order valence-electron chi connectivity index (χ2n) is 5.64. The van der Waals surface area contributed by atoms with E-state index >= 15 is 0 Å². The van der Waals surface area contributed by atoms with Crippen molar-refractivity contribution >= 4 is 21.9 Å². The van der Waals surface area contributed by atoms with Gasteiger partial charge in [0.05, 0.1) is 30.1 Å². The molecule has 0 bridgehead atoms. The van der Waals surface area contributed by atoms with Crippen LogP contribution in [0.2, 0.25) is 0 Å². The van der Waals surface area contributed by atoms with Crippen LogP contribution < -0.4 is 4.74 Å². The van der Waals surface area contributed by atoms with Crippen LogP contribution in [0.15, 0.2) is 53.1 Å². The molecule has 0 N–H and O–H groups in total. The van der Waals surface area contributed by atoms with E-state index in [9.17, 15) is 5.26 Å². The molecule has 0 atom stereocenters. The largest absolute Gasteiger partial charge is 0.497 e. The van der Waals surface area contributed by atoms with Gasteiger partial charge in [0.1, 0.15) is 17.4 Å². The van der Waals surface area contributed by atoms with E-state index in [2.05, 4.69) is 23.6 Å². The molecule has 2 aromatic heterocycles. The fraction of sp³-hybridized carbons (Fsp3) is 0.150. The van der Waals surface area contributed by atoms with Crippen molar-refractivity contribution in [2.45, 2.75) is 13.5 Å². The zero-order valence-electron chi connectivity index (χ0n) is 13.5. The van der Waals surface area contributed by atoms with Crippen LogP contribution >= 0.6 is 0 Å². The summed E-state index contributed by atoms with van der Waals surface area (Å²) in [6, 6.07) is 16.2. The number of hydrogen-bond acceptors (Lipinski definition) is 3. The molecule has 4 heteroatoms. The van der Waals surface area contributed by atoms with Crippen LogP contribution in [-0.4, -0.2) is 11.7 Å². The third-order valence-electron chi connectivity index (χ3n) is 4.43. The Bertz CT molecular complexity index is 1100. The Hall–Kier alpha value is -3.19. The van der Waals surface area contributed by atoms with Gasteiger partial charge in [-0.3, -0.25) is 0 Å². The van der Waals surface area contributed by atoms with Gasteiger partial charge in [0.15, 0.2) is 0 Å². The van der Waals surface area contributed by atoms with Gasteiger partial charge < -0.3 is 13.7 Å². The van der Waals surface area contributed by atoms with Crippen molar-refractivity contribution in [1.82, 2.24) is 4.57 Å². The first-order valence-corrected chi connectivity index (χ1v) is 7.84. The van der Waals surface area contributed by atoms with Crippen molar-refractivity contribution in [2.75, 3.05) is 7.11 Å². The number of furan rings is 1. The standard InChI is InChI=1S/C20H16N2O2/c1-3-22-18-11-15(23-2)5-6-16(18)17(12-21)20(22)14-4-7-19-13(10-14)8-9-24-19/h4-11H,3H2,1-2H3. The van der Waals surface area contributed by atoms with Crippen LogP contribution in [0, 0.1) is 11.3 Å². The first kappa shape index (κ1) is 14.4. The van der Waals surface area contributed by atoms with Gasteiger partial charge >= 0.3 is 0 Å². The maximum absolute atomic E-state index is 9.77. The zero-order chi connectivity index (χ0) is 16.7. The van der Waals surface area contributed by atoms with Crippen molar-refractivity contribution in [2.24, 2.45) is 0 Å². The lowest BCUT2D eigenvalue weighted by molar-refractivity contribution is 0.415. The normalized spacial score (nSPS) is 11.0. The van der Waals surface area contributed by atoms with Crippen molar-refractivity contribution < 1.29 is 9.15 Å². The van der Waals surface area contributed by atoms with Crippen LogP contribution in [0.5, 0.6) is 5.75 Å². The second kappa shape index (κ2) is 5.47. The molecule has 0 aliphatic heterocycles. The summed E-state index contributed by atoms with van der Waals surface area (Å²) in [5.41, 5.74) is 4.50. The quantitative estimate of drug-likeness (QED) is 0.537. The summed E-state index contributed by atoms with van der Waals surface area (Å²) in [6.45, 7) is 2.85. The predicted octanol–water partition coefficient (Wildman–Crippen LogP) is 4.95. The summed E-state index contributed by atoms with van der Waals surface area (Å²) < 4.78 is 12.9. The van der Waals surface area contributed by atoms with Crippen LogP contribution in [-0.2, 0) is 6.54 Å². The molecular weight excluding hydrogens is 300 g/mol. The molecule has 0 radical (unpaired) electrons. The summed E-state index contributed by atoms with van der Waals surface area (Å²) in [6.07, 6.45) is 1.68. The van der Waals surface area contributed by atoms with E-state index in [1.807, 2.05) is 36.4 Å². The molecule has 0 spiro atoms. The highest BCUT2D eigenvalue weighted by Crippen LogP contribution is 2.36. The predicted molar refractivity (Wildman–Crippen MR) is 94.1 cm³/mol. The molecule has 0 aliphatic rings. The molecule has 4 rings (SSSR count). The third-order valence-corrected chi connectivity index (χ3v) is 4.43. The van der Waals surface area contributed by atoms with Gasteiger partial charge in [0, 0.05) is 28.9 Å². The Morgan fingerprint density at radius 1 is 1.17 bits per heavy atom. The number of nitrogens with zero attached hydrogens (tertiary/aromatic N) is 2. The average molecular weight is 316 g/mol. The Kier molecular flexibility index (Phi) is 3.28. The maximum Gasteiger partial charge on any atom is 0.133 e. The van der Waals surface area contributed by atoms with Crippen molar-refractivity contribution in [3.8, 4) is 23.1 Å². The van der Waals surface area contributed by atoms with E-state index in [1.165, 1.54) is 0 Å². The Morgan fingerprint density at radius 2 is 2.04 bits per heavy atom. The minimum absolute atomic E-state index is 0.692. The number of fused-ring (bicyclic) bond motifs is 2. The highest BCUT2D eigenvalue weighted by Gasteiger charge is 2.18. The van der Waals surface area contributed by atoms with Gasteiger partial charge in [-0.2, -0.15) is 5.26 Å². The molecule has 0 unspecified atom stereocenters. The van der Waals surface area contributed by atoms with E-state index in [-0.39, 0.29) is 0 Å². The number of methoxy groups -OCH3 is 1. The van der Waals surface area contributed by atoms with Gasteiger partial charge in [-0.15, -0.1) is 0 Å². The minimum atomic E-state index is 0.692. The molecule has 2 aromatic carbocycles. The molecule has 4 nitrogen and oxygen atoms in total. The lowest BCUT2D eigenvalue weighted by atomic mass is 10.0. The van der Waals surface area contributed by atoms with E-state index < -0.39 is 0 Å². The summed E-state index contributed by atoms with van der Waals surface area (Å²) in [4.78, 5) is 0. The average Bonchev–Trinajstić information content (AvgIpc) is 3.21. The van der Waals surface area contributed by atoms with Crippen LogP contribution in [0.25, 0.3) is 33.1 Å². The lowest BCUT2D eigenvalue weighted by Gasteiger charge is -2.09. The molecule has 4 aromatic rings. The first-order chi connectivity index (χ1) is 11.8. The SMILES string of the molecule is CCn1c(-c2ccc3occc3c2)c(C#N)c2ccc(OC)cc21. The third kappa shape index (κ3) is 1.99. The number of hydrogen-bond donors (Lipinski definition) is 0. The molecule has 2 heterocycles. The summed E-state index contributed by atoms with van der Waals surface area (Å²) >= 11 is 0. The van der Waals surface area contributed by atoms with Gasteiger partial charge in [0.25, 0.3) is 0 Å². The highest BCUT2D eigenvalue weighted by atomic mass is 16.5. The summed E-state index contributed by atoms with van der Waals surface area (Å²) in [5.74, 6) is 0.788. The van der Waals surface area contributed by atoms with Crippen molar-refractivity contribution in [3.05, 3.63) is 54.3 Å². The number of aryl methyl sites for hydroxylation is 1. The summed E-state index contributed by atoms with van der Waals surface area (Å²) in [5, 5.41) is 11.7. The molecule has 118 valence electrons. The van der Waals surface area contributed by atoms with Crippen LogP contribution in [0.3, 0.4) is 0 Å². The molecule has 0 amide bonds. The van der Waals surface area contributed by atoms with E-state index in [0.717, 1.165) is 45.4 Å². The van der Waals surface area contributed by atoms with Crippen molar-refractivity contribution in [1.29, 1.82) is 5.26 Å². The molecule has 0 saturated heterocycles. The van der Waals surface area contributed by atoms with Gasteiger partial charge in [-0.25, -0.2) is 0 Å². The molecular formula is C20H16N2O2. The van der Waals surface area contributed by atoms with Crippen LogP contribution in [0.1, 0.15) is 12.5 Å². The van der Waals surface area contributed by atoms with Gasteiger partial charge in [-0.1, -0.05) is 0 Å². The fourth-order valence-electron chi connectivity index (χ4n) is 3.31. The van der Waals surface area contributed by atoms with Crippen LogP contribution in [0.4, 0.5) is 0 Å². The van der Waals surface area contributed by atoms with E-state index in [0.29, 0.717) is 5.56 Å². The Balaban J connectivity index is 2.07. The Morgan fingerprint density at radius 3 is 2.79 bits per heavy atom. The first-order valence-electron chi connectivity index (χ1n) is 7.84. The zero-order valence-corrected chi connectivity index (χ0v) is 13.5. The highest BCUT2D eigenvalue weighted by molar-refractivity contribution is 5.96. The van der Waals surface area contributed by atoms with Crippen molar-refractivity contribution in [3.63, 3.8) is 0 Å². The molecule has 0 aliphatic carbocycles. The molecule has 0 fully saturated rings. The number of rotatable bonds is 3. The van der Waals surface area contributed by atoms with E-state index in [1.54, 1.807) is 13.4 Å². The minimum Gasteiger partial charge on any atom is -0.497 e. The molecule has 24 heavy (non-hydrogen) atoms. The maximum atomic E-state index is 9.77. The lowest BCUT2D eigenvalue weighted by Crippen LogP contribution is -1.97. The van der Waals surface area contributed by atoms with Gasteiger partial charge in [0.2, 0.25) is 0 Å². The summed E-state index contributed by atoms with van der Waals surface area (Å²) in [7, 11) is 1.65. The number of aromatic nitrogens is 1. The van der Waals surface area contributed by atoms with Gasteiger partial charge in [-0.05, 0) is 43.3 Å². The number of ether oxygens (including phenoxy) is 1. The Labute approximate surface area is 139 Å². The number of benzene rings is 2. The number of nitriles is 1. The fourth-order valence-corrected chi connectivity index (χ4v) is 3.31.